The van der Waals surface area contributed by atoms with Gasteiger partial charge in [0.2, 0.25) is 0 Å². The molecule has 76 valence electrons. The second-order valence-corrected chi connectivity index (χ2v) is 4.32. The number of hydrogen-bond donors (Lipinski definition) is 0. The zero-order valence-electron chi connectivity index (χ0n) is 9.02. The maximum absolute atomic E-state index is 8.26. The van der Waals surface area contributed by atoms with Crippen molar-refractivity contribution in [1.29, 1.82) is 0 Å². The summed E-state index contributed by atoms with van der Waals surface area (Å²) in [6.07, 6.45) is 1.90. The van der Waals surface area contributed by atoms with Crippen LogP contribution in [0.3, 0.4) is 0 Å². The summed E-state index contributed by atoms with van der Waals surface area (Å²) in [5, 5.41) is 7.92. The lowest BCUT2D eigenvalue weighted by Gasteiger charge is -2.16. The Balaban J connectivity index is 3.09. The standard InChI is InChI=1S/C9H15N5/c1-9(2,3)8-7(5-11-13-10)6-14(4)12-8/h6H,5H2,1-4H3. The van der Waals surface area contributed by atoms with Crippen LogP contribution in [0, 0.1) is 0 Å². The molecule has 14 heavy (non-hydrogen) atoms. The van der Waals surface area contributed by atoms with E-state index in [-0.39, 0.29) is 5.41 Å². The normalized spacial score (nSPS) is 11.1. The van der Waals surface area contributed by atoms with E-state index in [2.05, 4.69) is 35.9 Å². The smallest absolute Gasteiger partial charge is 0.0711 e. The van der Waals surface area contributed by atoms with E-state index in [1.54, 1.807) is 4.68 Å². The van der Waals surface area contributed by atoms with Crippen molar-refractivity contribution < 1.29 is 0 Å². The summed E-state index contributed by atoms with van der Waals surface area (Å²) >= 11 is 0. The highest BCUT2D eigenvalue weighted by Crippen LogP contribution is 2.24. The number of rotatable bonds is 2. The monoisotopic (exact) mass is 193 g/mol. The molecule has 0 saturated carbocycles. The van der Waals surface area contributed by atoms with Gasteiger partial charge >= 0.3 is 0 Å². The first kappa shape index (κ1) is 10.6. The molecule has 1 rings (SSSR count). The van der Waals surface area contributed by atoms with E-state index in [0.717, 1.165) is 11.3 Å². The highest BCUT2D eigenvalue weighted by atomic mass is 15.3. The van der Waals surface area contributed by atoms with Gasteiger partial charge in [0.05, 0.1) is 12.2 Å². The van der Waals surface area contributed by atoms with E-state index in [1.807, 2.05) is 13.2 Å². The van der Waals surface area contributed by atoms with Gasteiger partial charge in [-0.1, -0.05) is 25.9 Å². The van der Waals surface area contributed by atoms with Crippen LogP contribution in [0.2, 0.25) is 0 Å². The van der Waals surface area contributed by atoms with Gasteiger partial charge in [-0.05, 0) is 11.1 Å². The molecule has 0 aliphatic carbocycles. The Hall–Kier alpha value is -1.48. The van der Waals surface area contributed by atoms with E-state index in [1.165, 1.54) is 0 Å². The van der Waals surface area contributed by atoms with Crippen LogP contribution in [0.15, 0.2) is 11.3 Å². The molecule has 0 spiro atoms. The molecule has 1 heterocycles. The molecule has 1 aromatic heterocycles. The second-order valence-electron chi connectivity index (χ2n) is 4.32. The average molecular weight is 193 g/mol. The quantitative estimate of drug-likeness (QED) is 0.404. The molecule has 1 aromatic rings. The molecule has 0 fully saturated rings. The van der Waals surface area contributed by atoms with Gasteiger partial charge in [0.25, 0.3) is 0 Å². The SMILES string of the molecule is Cn1cc(CN=[N+]=[N-])c(C(C)(C)C)n1. The third kappa shape index (κ3) is 2.26. The predicted molar refractivity (Wildman–Crippen MR) is 54.8 cm³/mol. The van der Waals surface area contributed by atoms with Crippen LogP contribution in [-0.4, -0.2) is 9.78 Å². The molecule has 0 bridgehead atoms. The fourth-order valence-corrected chi connectivity index (χ4v) is 1.39. The highest BCUT2D eigenvalue weighted by Gasteiger charge is 2.21. The number of hydrogen-bond acceptors (Lipinski definition) is 2. The summed E-state index contributed by atoms with van der Waals surface area (Å²) in [6.45, 7) is 6.65. The molecule has 0 aliphatic heterocycles. The molecule has 0 N–H and O–H groups in total. The van der Waals surface area contributed by atoms with E-state index >= 15 is 0 Å². The minimum atomic E-state index is -0.0123. The number of nitrogens with zero attached hydrogens (tertiary/aromatic N) is 5. The summed E-state index contributed by atoms with van der Waals surface area (Å²) in [6, 6.07) is 0. The predicted octanol–water partition coefficient (Wildman–Crippen LogP) is 2.53. The molecule has 0 amide bonds. The molecule has 5 heteroatoms. The highest BCUT2D eigenvalue weighted by molar-refractivity contribution is 5.23. The second kappa shape index (κ2) is 3.72. The summed E-state index contributed by atoms with van der Waals surface area (Å²) in [5.41, 5.74) is 10.2. The zero-order valence-corrected chi connectivity index (χ0v) is 9.02. The molecule has 0 saturated heterocycles. The van der Waals surface area contributed by atoms with E-state index < -0.39 is 0 Å². The number of aromatic nitrogens is 2. The molecular weight excluding hydrogens is 178 g/mol. The minimum absolute atomic E-state index is 0.0123. The summed E-state index contributed by atoms with van der Waals surface area (Å²) in [4.78, 5) is 2.75. The van der Waals surface area contributed by atoms with Crippen LogP contribution < -0.4 is 0 Å². The fourth-order valence-electron chi connectivity index (χ4n) is 1.39. The van der Waals surface area contributed by atoms with Gasteiger partial charge in [0.1, 0.15) is 0 Å². The van der Waals surface area contributed by atoms with Crippen LogP contribution in [-0.2, 0) is 19.0 Å². The lowest BCUT2D eigenvalue weighted by molar-refractivity contribution is 0.548. The van der Waals surface area contributed by atoms with Gasteiger partial charge in [0, 0.05) is 23.6 Å². The average Bonchev–Trinajstić information content (AvgIpc) is 2.42. The van der Waals surface area contributed by atoms with Crippen molar-refractivity contribution in [2.24, 2.45) is 12.2 Å². The molecule has 0 aliphatic rings. The van der Waals surface area contributed by atoms with E-state index in [4.69, 9.17) is 5.53 Å². The fraction of sp³-hybridized carbons (Fsp3) is 0.667. The number of aryl methyl sites for hydroxylation is 1. The van der Waals surface area contributed by atoms with Crippen LogP contribution in [0.25, 0.3) is 10.4 Å². The summed E-state index contributed by atoms with van der Waals surface area (Å²) < 4.78 is 1.75. The molecule has 0 unspecified atom stereocenters. The van der Waals surface area contributed by atoms with Gasteiger partial charge in [-0.3, -0.25) is 4.68 Å². The summed E-state index contributed by atoms with van der Waals surface area (Å²) in [5.74, 6) is 0. The van der Waals surface area contributed by atoms with Gasteiger partial charge < -0.3 is 0 Å². The lowest BCUT2D eigenvalue weighted by Crippen LogP contribution is -2.14. The first-order valence-electron chi connectivity index (χ1n) is 4.49. The van der Waals surface area contributed by atoms with Crippen molar-refractivity contribution in [3.63, 3.8) is 0 Å². The first-order chi connectivity index (χ1) is 6.45. The third-order valence-electron chi connectivity index (χ3n) is 1.92. The molecular formula is C9H15N5. The van der Waals surface area contributed by atoms with Crippen molar-refractivity contribution in [2.45, 2.75) is 32.7 Å². The Bertz CT molecular complexity index is 365. The van der Waals surface area contributed by atoms with E-state index in [9.17, 15) is 0 Å². The van der Waals surface area contributed by atoms with Crippen molar-refractivity contribution >= 4 is 0 Å². The third-order valence-corrected chi connectivity index (χ3v) is 1.92. The van der Waals surface area contributed by atoms with Gasteiger partial charge in [-0.15, -0.1) is 0 Å². The van der Waals surface area contributed by atoms with Crippen molar-refractivity contribution in [2.75, 3.05) is 0 Å². The zero-order chi connectivity index (χ0) is 10.8. The molecule has 5 nitrogen and oxygen atoms in total. The van der Waals surface area contributed by atoms with Crippen LogP contribution in [0.1, 0.15) is 32.0 Å². The van der Waals surface area contributed by atoms with Crippen molar-refractivity contribution in [3.05, 3.63) is 27.9 Å². The Kier molecular flexibility index (Phi) is 2.81. The van der Waals surface area contributed by atoms with Crippen molar-refractivity contribution in [3.8, 4) is 0 Å². The topological polar surface area (TPSA) is 66.6 Å². The van der Waals surface area contributed by atoms with Gasteiger partial charge in [-0.25, -0.2) is 0 Å². The van der Waals surface area contributed by atoms with Crippen molar-refractivity contribution in [1.82, 2.24) is 9.78 Å². The minimum Gasteiger partial charge on any atom is -0.275 e. The maximum Gasteiger partial charge on any atom is 0.0711 e. The first-order valence-corrected chi connectivity index (χ1v) is 4.49. The van der Waals surface area contributed by atoms with Gasteiger partial charge in [0.15, 0.2) is 0 Å². The Morgan fingerprint density at radius 3 is 2.71 bits per heavy atom. The Morgan fingerprint density at radius 1 is 1.57 bits per heavy atom. The van der Waals surface area contributed by atoms with E-state index in [0.29, 0.717) is 6.54 Å². The van der Waals surface area contributed by atoms with Crippen LogP contribution in [0.5, 0.6) is 0 Å². The molecule has 0 radical (unpaired) electrons. The van der Waals surface area contributed by atoms with Gasteiger partial charge in [-0.2, -0.15) is 5.10 Å². The Labute approximate surface area is 83.4 Å². The summed E-state index contributed by atoms with van der Waals surface area (Å²) in [7, 11) is 1.87. The molecule has 0 atom stereocenters. The Morgan fingerprint density at radius 2 is 2.21 bits per heavy atom. The lowest BCUT2D eigenvalue weighted by atomic mass is 9.90. The van der Waals surface area contributed by atoms with Crippen LogP contribution in [0.4, 0.5) is 0 Å². The molecule has 0 aromatic carbocycles. The van der Waals surface area contributed by atoms with Crippen LogP contribution >= 0.6 is 0 Å². The number of azide groups is 1. The largest absolute Gasteiger partial charge is 0.275 e. The maximum atomic E-state index is 8.26.